The third kappa shape index (κ3) is 5.03. The molecular weight excluding hydrogens is 367 g/mol. The van der Waals surface area contributed by atoms with Gasteiger partial charge in [0.05, 0.1) is 5.60 Å². The van der Waals surface area contributed by atoms with Gasteiger partial charge in [-0.25, -0.2) is 4.39 Å². The quantitative estimate of drug-likeness (QED) is 0.620. The van der Waals surface area contributed by atoms with E-state index in [1.54, 1.807) is 6.07 Å². The Bertz CT molecular complexity index is 849. The fraction of sp³-hybridized carbons (Fsp3) is 0.458. The first kappa shape index (κ1) is 21.5. The Balaban J connectivity index is 2.03. The van der Waals surface area contributed by atoms with E-state index in [1.807, 2.05) is 37.3 Å². The molecule has 2 atom stereocenters. The van der Waals surface area contributed by atoms with Gasteiger partial charge in [0.2, 0.25) is 5.91 Å². The number of aryl methyl sites for hydroxylation is 1. The van der Waals surface area contributed by atoms with Crippen molar-refractivity contribution < 1.29 is 14.3 Å². The smallest absolute Gasteiger partial charge is 0.216 e. The van der Waals surface area contributed by atoms with Crippen LogP contribution in [0.3, 0.4) is 0 Å². The molecule has 0 unspecified atom stereocenters. The Hall–Kier alpha value is -2.24. The first-order valence-corrected chi connectivity index (χ1v) is 10.5. The highest BCUT2D eigenvalue weighted by Crippen LogP contribution is 2.43. The maximum absolute atomic E-state index is 15.1. The van der Waals surface area contributed by atoms with Gasteiger partial charge in [0, 0.05) is 31.5 Å². The van der Waals surface area contributed by atoms with Crippen molar-refractivity contribution in [1.29, 1.82) is 0 Å². The summed E-state index contributed by atoms with van der Waals surface area (Å²) in [5.41, 5.74) is 1.77. The standard InChI is InChI=1S/C24H31FN2O2/c1-17-7-3-8-19(15-17)23-21(10-4-11-22(23)25)24(29,12-6-14-27-18(2)28)20-9-5-13-26-16-20/h3-4,7-8,10-11,15,20,26,29H,5-6,9,12-14,16H2,1-2H3,(H,27,28)/t20-,24+/m1/s1. The van der Waals surface area contributed by atoms with Crippen LogP contribution in [0, 0.1) is 18.7 Å². The van der Waals surface area contributed by atoms with Gasteiger partial charge in [-0.05, 0) is 56.3 Å². The summed E-state index contributed by atoms with van der Waals surface area (Å²) in [5.74, 6) is -0.421. The van der Waals surface area contributed by atoms with Crippen LogP contribution in [-0.4, -0.2) is 30.6 Å². The predicted octanol–water partition coefficient (Wildman–Crippen LogP) is 3.90. The fourth-order valence-electron chi connectivity index (χ4n) is 4.42. The number of rotatable bonds is 7. The summed E-state index contributed by atoms with van der Waals surface area (Å²) in [5, 5.41) is 18.2. The monoisotopic (exact) mass is 398 g/mol. The Morgan fingerprint density at radius 3 is 2.79 bits per heavy atom. The molecule has 2 aromatic rings. The molecule has 1 fully saturated rings. The van der Waals surface area contributed by atoms with Crippen molar-refractivity contribution in [3.05, 3.63) is 59.4 Å². The van der Waals surface area contributed by atoms with Crippen LogP contribution >= 0.6 is 0 Å². The number of benzene rings is 2. The molecule has 2 aromatic carbocycles. The van der Waals surface area contributed by atoms with Crippen molar-refractivity contribution >= 4 is 5.91 Å². The lowest BCUT2D eigenvalue weighted by Crippen LogP contribution is -2.45. The van der Waals surface area contributed by atoms with E-state index in [0.29, 0.717) is 37.1 Å². The van der Waals surface area contributed by atoms with Crippen molar-refractivity contribution in [1.82, 2.24) is 10.6 Å². The largest absolute Gasteiger partial charge is 0.385 e. The molecule has 0 spiro atoms. The van der Waals surface area contributed by atoms with E-state index in [9.17, 15) is 9.90 Å². The lowest BCUT2D eigenvalue weighted by molar-refractivity contribution is -0.119. The third-order valence-corrected chi connectivity index (χ3v) is 5.87. The van der Waals surface area contributed by atoms with Gasteiger partial charge in [-0.15, -0.1) is 0 Å². The van der Waals surface area contributed by atoms with E-state index in [0.717, 1.165) is 30.5 Å². The molecule has 3 rings (SSSR count). The number of hydrogen-bond acceptors (Lipinski definition) is 3. The number of hydrogen-bond donors (Lipinski definition) is 3. The van der Waals surface area contributed by atoms with Gasteiger partial charge in [0.25, 0.3) is 0 Å². The Labute approximate surface area is 172 Å². The topological polar surface area (TPSA) is 61.4 Å². The van der Waals surface area contributed by atoms with Gasteiger partial charge in [-0.2, -0.15) is 0 Å². The second kappa shape index (κ2) is 9.51. The number of amides is 1. The number of carbonyl (C=O) groups excluding carboxylic acids is 1. The van der Waals surface area contributed by atoms with Crippen molar-refractivity contribution in [3.63, 3.8) is 0 Å². The summed E-state index contributed by atoms with van der Waals surface area (Å²) < 4.78 is 15.1. The van der Waals surface area contributed by atoms with Gasteiger partial charge in [0.1, 0.15) is 5.82 Å². The average Bonchev–Trinajstić information content (AvgIpc) is 2.71. The van der Waals surface area contributed by atoms with Crippen LogP contribution in [0.1, 0.15) is 43.7 Å². The lowest BCUT2D eigenvalue weighted by atomic mass is 9.72. The molecular formula is C24H31FN2O2. The number of carbonyl (C=O) groups is 1. The highest BCUT2D eigenvalue weighted by atomic mass is 19.1. The summed E-state index contributed by atoms with van der Waals surface area (Å²) in [4.78, 5) is 11.2. The molecule has 1 aliphatic rings. The fourth-order valence-corrected chi connectivity index (χ4v) is 4.42. The Morgan fingerprint density at radius 2 is 2.10 bits per heavy atom. The Morgan fingerprint density at radius 1 is 1.31 bits per heavy atom. The maximum Gasteiger partial charge on any atom is 0.216 e. The van der Waals surface area contributed by atoms with Crippen LogP contribution in [0.5, 0.6) is 0 Å². The molecule has 1 aliphatic heterocycles. The summed E-state index contributed by atoms with van der Waals surface area (Å²) >= 11 is 0. The van der Waals surface area contributed by atoms with Gasteiger partial charge < -0.3 is 15.7 Å². The number of nitrogens with one attached hydrogen (secondary N) is 2. The van der Waals surface area contributed by atoms with E-state index in [2.05, 4.69) is 10.6 Å². The average molecular weight is 399 g/mol. The van der Waals surface area contributed by atoms with Gasteiger partial charge in [-0.1, -0.05) is 42.0 Å². The predicted molar refractivity (Wildman–Crippen MR) is 114 cm³/mol. The second-order valence-electron chi connectivity index (χ2n) is 8.09. The molecule has 4 nitrogen and oxygen atoms in total. The molecule has 0 radical (unpaired) electrons. The second-order valence-corrected chi connectivity index (χ2v) is 8.09. The first-order chi connectivity index (χ1) is 13.9. The third-order valence-electron chi connectivity index (χ3n) is 5.87. The zero-order chi connectivity index (χ0) is 20.9. The number of aliphatic hydroxyl groups is 1. The van der Waals surface area contributed by atoms with E-state index in [-0.39, 0.29) is 17.6 Å². The molecule has 3 N–H and O–H groups in total. The molecule has 0 bridgehead atoms. The SMILES string of the molecule is CC(=O)NCCC[C@@](O)(c1cccc(F)c1-c1cccc(C)c1)[C@@H]1CCCNC1. The van der Waals surface area contributed by atoms with E-state index >= 15 is 4.39 Å². The molecule has 156 valence electrons. The van der Waals surface area contributed by atoms with Gasteiger partial charge >= 0.3 is 0 Å². The van der Waals surface area contributed by atoms with Gasteiger partial charge in [0.15, 0.2) is 0 Å². The molecule has 1 saturated heterocycles. The van der Waals surface area contributed by atoms with E-state index in [1.165, 1.54) is 13.0 Å². The van der Waals surface area contributed by atoms with Crippen molar-refractivity contribution in [2.24, 2.45) is 5.92 Å². The molecule has 0 aliphatic carbocycles. The molecule has 1 amide bonds. The highest BCUT2D eigenvalue weighted by Gasteiger charge is 2.40. The summed E-state index contributed by atoms with van der Waals surface area (Å²) in [6, 6.07) is 12.7. The Kier molecular flexibility index (Phi) is 7.04. The van der Waals surface area contributed by atoms with Crippen LogP contribution in [0.15, 0.2) is 42.5 Å². The zero-order valence-electron chi connectivity index (χ0n) is 17.3. The minimum Gasteiger partial charge on any atom is -0.385 e. The minimum absolute atomic E-state index is 0.0149. The van der Waals surface area contributed by atoms with E-state index < -0.39 is 5.60 Å². The summed E-state index contributed by atoms with van der Waals surface area (Å²) in [6.45, 7) is 5.59. The molecule has 0 saturated carbocycles. The normalized spacial score (nSPS) is 18.8. The van der Waals surface area contributed by atoms with Crippen LogP contribution in [0.2, 0.25) is 0 Å². The van der Waals surface area contributed by atoms with Crippen molar-refractivity contribution in [2.75, 3.05) is 19.6 Å². The van der Waals surface area contributed by atoms with Crippen LogP contribution < -0.4 is 10.6 Å². The van der Waals surface area contributed by atoms with Crippen LogP contribution in [-0.2, 0) is 10.4 Å². The first-order valence-electron chi connectivity index (χ1n) is 10.5. The molecule has 0 aromatic heterocycles. The molecule has 1 heterocycles. The zero-order valence-corrected chi connectivity index (χ0v) is 17.3. The lowest BCUT2D eigenvalue weighted by Gasteiger charge is -2.40. The van der Waals surface area contributed by atoms with Crippen molar-refractivity contribution in [3.8, 4) is 11.1 Å². The minimum atomic E-state index is -1.17. The van der Waals surface area contributed by atoms with Crippen molar-refractivity contribution in [2.45, 2.75) is 45.1 Å². The van der Waals surface area contributed by atoms with Crippen LogP contribution in [0.25, 0.3) is 11.1 Å². The molecule has 5 heteroatoms. The molecule has 29 heavy (non-hydrogen) atoms. The number of halogens is 1. The van der Waals surface area contributed by atoms with E-state index in [4.69, 9.17) is 0 Å². The summed E-state index contributed by atoms with van der Waals surface area (Å²) in [6.07, 6.45) is 2.94. The van der Waals surface area contributed by atoms with Crippen LogP contribution in [0.4, 0.5) is 4.39 Å². The van der Waals surface area contributed by atoms with Gasteiger partial charge in [-0.3, -0.25) is 4.79 Å². The highest BCUT2D eigenvalue weighted by molar-refractivity contribution is 5.72. The summed E-state index contributed by atoms with van der Waals surface area (Å²) in [7, 11) is 0. The maximum atomic E-state index is 15.1. The number of piperidine rings is 1.